The van der Waals surface area contributed by atoms with Crippen LogP contribution in [-0.4, -0.2) is 16.4 Å². The molecule has 0 spiro atoms. The number of hydrogen-bond acceptors (Lipinski definition) is 2. The maximum atomic E-state index is 5.60. The third kappa shape index (κ3) is 6.88. The Morgan fingerprint density at radius 3 is 2.11 bits per heavy atom. The lowest BCUT2D eigenvalue weighted by molar-refractivity contribution is 1.12. The van der Waals surface area contributed by atoms with Gasteiger partial charge in [-0.3, -0.25) is 0 Å². The SMILES string of the molecule is CC(C)SSC(C)CCl. The summed E-state index contributed by atoms with van der Waals surface area (Å²) in [4.78, 5) is 0. The van der Waals surface area contributed by atoms with E-state index < -0.39 is 0 Å². The van der Waals surface area contributed by atoms with Gasteiger partial charge in [-0.05, 0) is 0 Å². The minimum absolute atomic E-state index is 0.582. The van der Waals surface area contributed by atoms with Gasteiger partial charge in [0.15, 0.2) is 0 Å². The molecule has 0 rings (SSSR count). The van der Waals surface area contributed by atoms with Crippen molar-refractivity contribution in [2.24, 2.45) is 0 Å². The topological polar surface area (TPSA) is 0 Å². The van der Waals surface area contributed by atoms with Crippen molar-refractivity contribution in [1.82, 2.24) is 0 Å². The molecule has 0 aliphatic heterocycles. The summed E-state index contributed by atoms with van der Waals surface area (Å²) in [6.45, 7) is 6.53. The van der Waals surface area contributed by atoms with E-state index >= 15 is 0 Å². The molecule has 0 aliphatic carbocycles. The molecule has 0 nitrogen and oxygen atoms in total. The minimum atomic E-state index is 0.582. The highest BCUT2D eigenvalue weighted by Gasteiger charge is 2.01. The van der Waals surface area contributed by atoms with E-state index in [2.05, 4.69) is 20.8 Å². The Kier molecular flexibility index (Phi) is 6.38. The Balaban J connectivity index is 3.06. The van der Waals surface area contributed by atoms with E-state index in [1.54, 1.807) is 0 Å². The van der Waals surface area contributed by atoms with E-state index in [4.69, 9.17) is 11.6 Å². The summed E-state index contributed by atoms with van der Waals surface area (Å²) < 4.78 is 0. The fourth-order valence-electron chi connectivity index (χ4n) is 0.232. The first kappa shape index (κ1) is 9.99. The van der Waals surface area contributed by atoms with Crippen molar-refractivity contribution in [1.29, 1.82) is 0 Å². The summed E-state index contributed by atoms with van der Waals surface area (Å²) in [5, 5.41) is 1.29. The summed E-state index contributed by atoms with van der Waals surface area (Å²) in [6.07, 6.45) is 0. The summed E-state index contributed by atoms with van der Waals surface area (Å²) >= 11 is 5.60. The van der Waals surface area contributed by atoms with Crippen molar-refractivity contribution in [3.05, 3.63) is 0 Å². The average molecular weight is 185 g/mol. The lowest BCUT2D eigenvalue weighted by Gasteiger charge is -2.07. The highest BCUT2D eigenvalue weighted by atomic mass is 35.5. The van der Waals surface area contributed by atoms with Crippen LogP contribution < -0.4 is 0 Å². The molecule has 9 heavy (non-hydrogen) atoms. The van der Waals surface area contributed by atoms with Gasteiger partial charge >= 0.3 is 0 Å². The van der Waals surface area contributed by atoms with Crippen molar-refractivity contribution in [3.63, 3.8) is 0 Å². The highest BCUT2D eigenvalue weighted by Crippen LogP contribution is 2.30. The fourth-order valence-corrected chi connectivity index (χ4v) is 2.55. The highest BCUT2D eigenvalue weighted by molar-refractivity contribution is 8.77. The van der Waals surface area contributed by atoms with Crippen LogP contribution in [0.5, 0.6) is 0 Å². The molecule has 0 N–H and O–H groups in total. The molecule has 0 amide bonds. The van der Waals surface area contributed by atoms with Crippen molar-refractivity contribution in [2.75, 3.05) is 5.88 Å². The van der Waals surface area contributed by atoms with Crippen LogP contribution in [0.4, 0.5) is 0 Å². The monoisotopic (exact) mass is 184 g/mol. The maximum absolute atomic E-state index is 5.60. The molecule has 1 unspecified atom stereocenters. The molecule has 0 aromatic carbocycles. The predicted molar refractivity (Wildman–Crippen MR) is 50.5 cm³/mol. The summed E-state index contributed by atoms with van der Waals surface area (Å²) in [5.74, 6) is 0.754. The molecule has 0 aromatic heterocycles. The molecule has 0 fully saturated rings. The second kappa shape index (κ2) is 5.75. The molecule has 0 aromatic rings. The molecule has 0 saturated carbocycles. The van der Waals surface area contributed by atoms with Crippen LogP contribution in [-0.2, 0) is 0 Å². The number of hydrogen-bond donors (Lipinski definition) is 0. The van der Waals surface area contributed by atoms with Crippen LogP contribution in [0.2, 0.25) is 0 Å². The van der Waals surface area contributed by atoms with Gasteiger partial charge in [0.05, 0.1) is 0 Å². The normalized spacial score (nSPS) is 14.3. The lowest BCUT2D eigenvalue weighted by atomic mass is 10.6. The summed E-state index contributed by atoms with van der Waals surface area (Å²) in [7, 11) is 3.77. The van der Waals surface area contributed by atoms with Gasteiger partial charge in [0.2, 0.25) is 0 Å². The average Bonchev–Trinajstić information content (AvgIpc) is 1.83. The molecule has 0 radical (unpaired) electrons. The van der Waals surface area contributed by atoms with Crippen LogP contribution >= 0.6 is 33.2 Å². The molecule has 1 atom stereocenters. The van der Waals surface area contributed by atoms with Crippen molar-refractivity contribution >= 4 is 33.2 Å². The van der Waals surface area contributed by atoms with E-state index in [1.165, 1.54) is 0 Å². The second-order valence-electron chi connectivity index (χ2n) is 2.21. The van der Waals surface area contributed by atoms with Crippen LogP contribution in [0.1, 0.15) is 20.8 Å². The first-order chi connectivity index (χ1) is 4.16. The van der Waals surface area contributed by atoms with Crippen LogP contribution in [0.3, 0.4) is 0 Å². The van der Waals surface area contributed by atoms with Gasteiger partial charge in [0.1, 0.15) is 0 Å². The van der Waals surface area contributed by atoms with Crippen LogP contribution in [0.25, 0.3) is 0 Å². The minimum Gasteiger partial charge on any atom is -0.125 e. The van der Waals surface area contributed by atoms with Gasteiger partial charge in [-0.1, -0.05) is 42.4 Å². The summed E-state index contributed by atoms with van der Waals surface area (Å²) in [6, 6.07) is 0. The Morgan fingerprint density at radius 2 is 1.78 bits per heavy atom. The third-order valence-corrected chi connectivity index (χ3v) is 4.74. The first-order valence-electron chi connectivity index (χ1n) is 3.05. The van der Waals surface area contributed by atoms with Crippen LogP contribution in [0.15, 0.2) is 0 Å². The van der Waals surface area contributed by atoms with Crippen molar-refractivity contribution in [2.45, 2.75) is 31.3 Å². The Hall–Kier alpha value is 0.990. The lowest BCUT2D eigenvalue weighted by Crippen LogP contribution is -1.95. The molecule has 0 bridgehead atoms. The smallest absolute Gasteiger partial charge is 0.0348 e. The predicted octanol–water partition coefficient (Wildman–Crippen LogP) is 3.40. The molecule has 0 aliphatic rings. The Morgan fingerprint density at radius 1 is 1.22 bits per heavy atom. The molecule has 56 valence electrons. The standard InChI is InChI=1S/C6H13ClS2/c1-5(2)8-9-6(3)4-7/h5-6H,4H2,1-3H3. The van der Waals surface area contributed by atoms with Crippen LogP contribution in [0, 0.1) is 0 Å². The van der Waals surface area contributed by atoms with Crippen molar-refractivity contribution in [3.8, 4) is 0 Å². The van der Waals surface area contributed by atoms with Gasteiger partial charge in [-0.25, -0.2) is 0 Å². The van der Waals surface area contributed by atoms with Gasteiger partial charge in [0, 0.05) is 16.4 Å². The Bertz CT molecular complexity index is 66.1. The molecule has 0 heterocycles. The van der Waals surface area contributed by atoms with E-state index in [0.29, 0.717) is 10.5 Å². The molecular weight excluding hydrogens is 172 g/mol. The molecule has 0 saturated heterocycles. The van der Waals surface area contributed by atoms with E-state index in [0.717, 1.165) is 5.88 Å². The van der Waals surface area contributed by atoms with Gasteiger partial charge < -0.3 is 0 Å². The maximum Gasteiger partial charge on any atom is 0.0348 e. The van der Waals surface area contributed by atoms with E-state index in [1.807, 2.05) is 21.6 Å². The van der Waals surface area contributed by atoms with Gasteiger partial charge in [0.25, 0.3) is 0 Å². The first-order valence-corrected chi connectivity index (χ1v) is 5.86. The fraction of sp³-hybridized carbons (Fsp3) is 1.00. The van der Waals surface area contributed by atoms with Crippen molar-refractivity contribution < 1.29 is 0 Å². The summed E-state index contributed by atoms with van der Waals surface area (Å²) in [5.41, 5.74) is 0. The molecule has 3 heteroatoms. The van der Waals surface area contributed by atoms with E-state index in [-0.39, 0.29) is 0 Å². The number of alkyl halides is 1. The largest absolute Gasteiger partial charge is 0.125 e. The zero-order valence-corrected chi connectivity index (χ0v) is 8.45. The van der Waals surface area contributed by atoms with E-state index in [9.17, 15) is 0 Å². The van der Waals surface area contributed by atoms with Gasteiger partial charge in [-0.2, -0.15) is 0 Å². The number of halogens is 1. The zero-order valence-electron chi connectivity index (χ0n) is 6.06. The van der Waals surface area contributed by atoms with Gasteiger partial charge in [-0.15, -0.1) is 11.6 Å². The Labute approximate surface area is 70.5 Å². The quantitative estimate of drug-likeness (QED) is 0.485. The zero-order chi connectivity index (χ0) is 7.28. The molecular formula is C6H13ClS2. The number of rotatable bonds is 4. The second-order valence-corrected chi connectivity index (χ2v) is 5.80. The third-order valence-electron chi connectivity index (χ3n) is 0.630.